The molecule has 140 valence electrons. The zero-order chi connectivity index (χ0) is 17.5. The average molecular weight is 380 g/mol. The Bertz CT molecular complexity index is 853. The Kier molecular flexibility index (Phi) is 5.19. The van der Waals surface area contributed by atoms with Crippen LogP contribution in [-0.2, 0) is 6.54 Å². The Hall–Kier alpha value is -1.76. The number of rotatable bonds is 3. The van der Waals surface area contributed by atoms with E-state index in [1.54, 1.807) is 18.2 Å². The Morgan fingerprint density at radius 3 is 2.69 bits per heavy atom. The number of halogens is 2. The van der Waals surface area contributed by atoms with E-state index in [-0.39, 0.29) is 29.9 Å². The molecule has 2 heterocycles. The summed E-state index contributed by atoms with van der Waals surface area (Å²) in [6, 6.07) is 7.61. The van der Waals surface area contributed by atoms with Gasteiger partial charge in [0.25, 0.3) is 5.56 Å². The lowest BCUT2D eigenvalue weighted by atomic mass is 9.56. The van der Waals surface area contributed by atoms with E-state index in [1.807, 2.05) is 0 Å². The van der Waals surface area contributed by atoms with Gasteiger partial charge in [-0.15, -0.1) is 12.4 Å². The van der Waals surface area contributed by atoms with Crippen LogP contribution >= 0.6 is 12.4 Å². The summed E-state index contributed by atoms with van der Waals surface area (Å²) in [7, 11) is 0. The lowest BCUT2D eigenvalue weighted by molar-refractivity contribution is -0.155. The number of nitrogens with one attached hydrogen (secondary N) is 1. The molecule has 4 rings (SSSR count). The molecule has 0 radical (unpaired) electrons. The highest BCUT2D eigenvalue weighted by Crippen LogP contribution is 2.52. The monoisotopic (exact) mass is 379 g/mol. The van der Waals surface area contributed by atoms with E-state index < -0.39 is 11.4 Å². The van der Waals surface area contributed by atoms with E-state index in [0.717, 1.165) is 32.4 Å². The molecule has 7 heteroatoms. The van der Waals surface area contributed by atoms with Crippen LogP contribution in [0.3, 0.4) is 0 Å². The minimum Gasteiger partial charge on any atom is -0.387 e. The van der Waals surface area contributed by atoms with Gasteiger partial charge in [0.05, 0.1) is 24.2 Å². The fourth-order valence-corrected chi connectivity index (χ4v) is 4.19. The molecule has 1 aliphatic heterocycles. The van der Waals surface area contributed by atoms with Crippen molar-refractivity contribution in [3.63, 3.8) is 0 Å². The number of hydrogen-bond donors (Lipinski definition) is 2. The van der Waals surface area contributed by atoms with Gasteiger partial charge in [0.15, 0.2) is 0 Å². The molecule has 2 aliphatic rings. The van der Waals surface area contributed by atoms with E-state index in [0.29, 0.717) is 17.7 Å². The van der Waals surface area contributed by atoms with Crippen molar-refractivity contribution in [1.82, 2.24) is 14.9 Å². The molecule has 1 saturated carbocycles. The maximum atomic E-state index is 13.9. The molecular weight excluding hydrogens is 357 g/mol. The van der Waals surface area contributed by atoms with Crippen LogP contribution in [0.4, 0.5) is 4.39 Å². The van der Waals surface area contributed by atoms with Crippen LogP contribution in [0.15, 0.2) is 41.5 Å². The lowest BCUT2D eigenvalue weighted by Gasteiger charge is -2.56. The number of aromatic nitrogens is 2. The number of benzene rings is 1. The van der Waals surface area contributed by atoms with Crippen LogP contribution in [-0.4, -0.2) is 33.3 Å². The van der Waals surface area contributed by atoms with Crippen LogP contribution in [0.1, 0.15) is 25.7 Å². The quantitative estimate of drug-likeness (QED) is 0.859. The molecule has 1 saturated heterocycles. The smallest absolute Gasteiger partial charge is 0.253 e. The van der Waals surface area contributed by atoms with Crippen molar-refractivity contribution in [2.75, 3.05) is 13.1 Å². The summed E-state index contributed by atoms with van der Waals surface area (Å²) in [5, 5.41) is 14.6. The SMILES string of the molecule is Cl.O=c1cc(-c2ccccc2F)ncn1CC1(O)CCNCC12CCC2. The maximum Gasteiger partial charge on any atom is 0.253 e. The molecule has 2 aromatic rings. The zero-order valence-electron chi connectivity index (χ0n) is 14.4. The maximum absolute atomic E-state index is 13.9. The van der Waals surface area contributed by atoms with Crippen LogP contribution in [0.25, 0.3) is 11.3 Å². The van der Waals surface area contributed by atoms with Gasteiger partial charge >= 0.3 is 0 Å². The van der Waals surface area contributed by atoms with Gasteiger partial charge in [0.2, 0.25) is 0 Å². The number of nitrogens with zero attached hydrogens (tertiary/aromatic N) is 2. The van der Waals surface area contributed by atoms with Gasteiger partial charge in [-0.2, -0.15) is 0 Å². The second kappa shape index (κ2) is 7.10. The summed E-state index contributed by atoms with van der Waals surface area (Å²) in [5.41, 5.74) is -0.691. The van der Waals surface area contributed by atoms with E-state index in [9.17, 15) is 14.3 Å². The Morgan fingerprint density at radius 2 is 2.04 bits per heavy atom. The van der Waals surface area contributed by atoms with Crippen molar-refractivity contribution in [1.29, 1.82) is 0 Å². The van der Waals surface area contributed by atoms with Crippen molar-refractivity contribution >= 4 is 12.4 Å². The van der Waals surface area contributed by atoms with Crippen molar-refractivity contribution in [3.8, 4) is 11.3 Å². The first kappa shape index (κ1) is 19.0. The van der Waals surface area contributed by atoms with E-state index in [4.69, 9.17) is 0 Å². The third kappa shape index (κ3) is 3.06. The van der Waals surface area contributed by atoms with Gasteiger partial charge in [0.1, 0.15) is 5.82 Å². The second-order valence-corrected chi connectivity index (χ2v) is 7.31. The lowest BCUT2D eigenvalue weighted by Crippen LogP contribution is -2.64. The van der Waals surface area contributed by atoms with Gasteiger partial charge in [0, 0.05) is 23.6 Å². The van der Waals surface area contributed by atoms with E-state index >= 15 is 0 Å². The molecule has 0 amide bonds. The highest BCUT2D eigenvalue weighted by Gasteiger charge is 2.55. The fraction of sp³-hybridized carbons (Fsp3) is 0.474. The molecule has 1 atom stereocenters. The normalized spacial score (nSPS) is 23.9. The molecule has 0 bridgehead atoms. The predicted molar refractivity (Wildman–Crippen MR) is 99.9 cm³/mol. The minimum atomic E-state index is -0.901. The molecule has 1 aromatic heterocycles. The average Bonchev–Trinajstić information content (AvgIpc) is 2.56. The summed E-state index contributed by atoms with van der Waals surface area (Å²) in [6.45, 7) is 1.77. The van der Waals surface area contributed by atoms with Gasteiger partial charge in [-0.25, -0.2) is 9.37 Å². The first-order valence-corrected chi connectivity index (χ1v) is 8.78. The Morgan fingerprint density at radius 1 is 1.27 bits per heavy atom. The van der Waals surface area contributed by atoms with Gasteiger partial charge < -0.3 is 10.4 Å². The topological polar surface area (TPSA) is 67.2 Å². The summed E-state index contributed by atoms with van der Waals surface area (Å²) < 4.78 is 15.4. The van der Waals surface area contributed by atoms with Crippen molar-refractivity contribution < 1.29 is 9.50 Å². The fourth-order valence-electron chi connectivity index (χ4n) is 4.19. The van der Waals surface area contributed by atoms with Crippen LogP contribution in [0, 0.1) is 11.2 Å². The molecule has 1 aromatic carbocycles. The summed E-state index contributed by atoms with van der Waals surface area (Å²) in [6.07, 6.45) is 5.12. The zero-order valence-corrected chi connectivity index (χ0v) is 15.3. The van der Waals surface area contributed by atoms with Crippen molar-refractivity contribution in [2.45, 2.75) is 37.8 Å². The molecule has 2 fully saturated rings. The summed E-state index contributed by atoms with van der Waals surface area (Å²) >= 11 is 0. The first-order chi connectivity index (χ1) is 12.0. The van der Waals surface area contributed by atoms with Crippen molar-refractivity contribution in [3.05, 3.63) is 52.8 Å². The van der Waals surface area contributed by atoms with E-state index in [2.05, 4.69) is 10.3 Å². The number of hydrogen-bond acceptors (Lipinski definition) is 4. The van der Waals surface area contributed by atoms with Crippen molar-refractivity contribution in [2.24, 2.45) is 5.41 Å². The molecule has 26 heavy (non-hydrogen) atoms. The molecule has 1 unspecified atom stereocenters. The van der Waals surface area contributed by atoms with Crippen LogP contribution in [0.5, 0.6) is 0 Å². The predicted octanol–water partition coefficient (Wildman–Crippen LogP) is 2.37. The van der Waals surface area contributed by atoms with Gasteiger partial charge in [-0.05, 0) is 37.9 Å². The molecule has 1 spiro atoms. The summed E-state index contributed by atoms with van der Waals surface area (Å²) in [5.74, 6) is -0.405. The number of piperidine rings is 1. The van der Waals surface area contributed by atoms with Gasteiger partial charge in [-0.3, -0.25) is 9.36 Å². The standard InChI is InChI=1S/C19H22FN3O2.ClH/c20-15-5-2-1-4-14(15)16-10-17(24)23(13-22-16)12-19(25)8-9-21-11-18(19)6-3-7-18;/h1-2,4-5,10,13,21,25H,3,6-9,11-12H2;1H. The largest absolute Gasteiger partial charge is 0.387 e. The first-order valence-electron chi connectivity index (χ1n) is 8.78. The minimum absolute atomic E-state index is 0. The molecule has 2 N–H and O–H groups in total. The van der Waals surface area contributed by atoms with E-state index in [1.165, 1.54) is 23.0 Å². The third-order valence-electron chi connectivity index (χ3n) is 5.94. The summed E-state index contributed by atoms with van der Waals surface area (Å²) in [4.78, 5) is 16.8. The third-order valence-corrected chi connectivity index (χ3v) is 5.94. The second-order valence-electron chi connectivity index (χ2n) is 7.31. The number of aliphatic hydroxyl groups is 1. The highest BCUT2D eigenvalue weighted by atomic mass is 35.5. The Balaban J connectivity index is 0.00000196. The van der Waals surface area contributed by atoms with Crippen LogP contribution < -0.4 is 10.9 Å². The Labute approximate surface area is 157 Å². The molecular formula is C19H23ClFN3O2. The van der Waals surface area contributed by atoms with Crippen LogP contribution in [0.2, 0.25) is 0 Å². The van der Waals surface area contributed by atoms with Gasteiger partial charge in [-0.1, -0.05) is 18.6 Å². The molecule has 5 nitrogen and oxygen atoms in total. The highest BCUT2D eigenvalue weighted by molar-refractivity contribution is 5.85. The molecule has 1 aliphatic carbocycles.